The van der Waals surface area contributed by atoms with E-state index in [-0.39, 0.29) is 11.9 Å². The summed E-state index contributed by atoms with van der Waals surface area (Å²) in [6.45, 7) is 8.40. The highest BCUT2D eigenvalue weighted by Gasteiger charge is 2.31. The van der Waals surface area contributed by atoms with E-state index in [1.165, 1.54) is 18.4 Å². The molecule has 0 radical (unpaired) electrons. The normalized spacial score (nSPS) is 18.1. The van der Waals surface area contributed by atoms with Gasteiger partial charge in [-0.15, -0.1) is 0 Å². The topological polar surface area (TPSA) is 35.5 Å². The van der Waals surface area contributed by atoms with Gasteiger partial charge in [0, 0.05) is 22.6 Å². The molecule has 5 heteroatoms. The van der Waals surface area contributed by atoms with Gasteiger partial charge in [-0.25, -0.2) is 4.39 Å². The molecule has 0 bridgehead atoms. The van der Waals surface area contributed by atoms with Crippen LogP contribution in [0.25, 0.3) is 11.1 Å². The van der Waals surface area contributed by atoms with Gasteiger partial charge in [0.25, 0.3) is 0 Å². The van der Waals surface area contributed by atoms with E-state index < -0.39 is 15.5 Å². The SMILES string of the molecule is Cc1cc(OCC(C)(C)S(C)=O)cc(C)c1-c1ccc(F)c2c1CCC2Oc1ccc(C2CC2)cc1. The molecule has 3 aromatic rings. The Balaban J connectivity index is 1.41. The van der Waals surface area contributed by atoms with E-state index in [0.29, 0.717) is 18.1 Å². The number of ether oxygens (including phenoxy) is 2. The minimum absolute atomic E-state index is 0.198. The van der Waals surface area contributed by atoms with Gasteiger partial charge in [-0.05, 0) is 123 Å². The van der Waals surface area contributed by atoms with Gasteiger partial charge in [0.1, 0.15) is 30.0 Å². The molecule has 0 aromatic heterocycles. The van der Waals surface area contributed by atoms with Crippen molar-refractivity contribution in [2.45, 2.75) is 70.1 Å². The summed E-state index contributed by atoms with van der Waals surface area (Å²) >= 11 is 0. The smallest absolute Gasteiger partial charge is 0.130 e. The molecule has 2 aliphatic carbocycles. The molecule has 0 amide bonds. The lowest BCUT2D eigenvalue weighted by Gasteiger charge is -2.23. The molecular weight excluding hydrogens is 471 g/mol. The Hall–Kier alpha value is -2.66. The molecule has 190 valence electrons. The molecule has 36 heavy (non-hydrogen) atoms. The van der Waals surface area contributed by atoms with Crippen molar-refractivity contribution in [1.29, 1.82) is 0 Å². The standard InChI is InChI=1S/C31H35FO3S/c1-19-16-24(34-18-31(3,4)36(5)33)17-20(2)29(19)25-12-14-27(32)30-26(25)13-15-28(30)35-23-10-8-22(9-11-23)21-6-7-21/h8-12,14,16-17,21,28H,6-7,13,15,18H2,1-5H3. The molecule has 3 nitrogen and oxygen atoms in total. The molecule has 2 unspecified atom stereocenters. The first-order valence-corrected chi connectivity index (χ1v) is 14.4. The van der Waals surface area contributed by atoms with Gasteiger partial charge in [0.15, 0.2) is 0 Å². The van der Waals surface area contributed by atoms with Gasteiger partial charge in [-0.1, -0.05) is 18.2 Å². The minimum Gasteiger partial charge on any atom is -0.492 e. The molecule has 1 fully saturated rings. The lowest BCUT2D eigenvalue weighted by atomic mass is 9.90. The van der Waals surface area contributed by atoms with Crippen molar-refractivity contribution in [2.24, 2.45) is 0 Å². The van der Waals surface area contributed by atoms with Gasteiger partial charge in [-0.2, -0.15) is 0 Å². The van der Waals surface area contributed by atoms with Gasteiger partial charge in [0.2, 0.25) is 0 Å². The molecule has 0 heterocycles. The zero-order valence-corrected chi connectivity index (χ0v) is 22.6. The fourth-order valence-electron chi connectivity index (χ4n) is 5.20. The molecule has 5 rings (SSSR count). The van der Waals surface area contributed by atoms with E-state index >= 15 is 4.39 Å². The quantitative estimate of drug-likeness (QED) is 0.316. The fourth-order valence-corrected chi connectivity index (χ4v) is 5.42. The van der Waals surface area contributed by atoms with E-state index in [1.54, 1.807) is 12.3 Å². The number of aryl methyl sites for hydroxylation is 2. The average molecular weight is 507 g/mol. The van der Waals surface area contributed by atoms with Crippen LogP contribution in [0.5, 0.6) is 11.5 Å². The van der Waals surface area contributed by atoms with Gasteiger partial charge >= 0.3 is 0 Å². The van der Waals surface area contributed by atoms with Crippen molar-refractivity contribution in [3.8, 4) is 22.6 Å². The maximum absolute atomic E-state index is 15.1. The Morgan fingerprint density at radius 1 is 0.972 bits per heavy atom. The second-order valence-electron chi connectivity index (χ2n) is 10.9. The summed E-state index contributed by atoms with van der Waals surface area (Å²) in [7, 11) is -0.988. The zero-order chi connectivity index (χ0) is 25.6. The highest BCUT2D eigenvalue weighted by molar-refractivity contribution is 7.85. The molecule has 0 aliphatic heterocycles. The van der Waals surface area contributed by atoms with Gasteiger partial charge in [0.05, 0.1) is 4.75 Å². The first-order chi connectivity index (χ1) is 17.1. The zero-order valence-electron chi connectivity index (χ0n) is 21.8. The summed E-state index contributed by atoms with van der Waals surface area (Å²) in [5.41, 5.74) is 7.43. The van der Waals surface area contributed by atoms with Crippen molar-refractivity contribution in [2.75, 3.05) is 12.9 Å². The van der Waals surface area contributed by atoms with Crippen molar-refractivity contribution in [3.63, 3.8) is 0 Å². The molecular formula is C31H35FO3S. The van der Waals surface area contributed by atoms with Crippen LogP contribution in [0, 0.1) is 19.7 Å². The second kappa shape index (κ2) is 9.66. The number of rotatable bonds is 8. The van der Waals surface area contributed by atoms with E-state index in [2.05, 4.69) is 26.0 Å². The van der Waals surface area contributed by atoms with Crippen molar-refractivity contribution < 1.29 is 18.1 Å². The Bertz CT molecular complexity index is 1290. The van der Waals surface area contributed by atoms with E-state index in [0.717, 1.165) is 52.2 Å². The van der Waals surface area contributed by atoms with Crippen LogP contribution >= 0.6 is 0 Å². The predicted molar refractivity (Wildman–Crippen MR) is 145 cm³/mol. The monoisotopic (exact) mass is 506 g/mol. The van der Waals surface area contributed by atoms with Crippen molar-refractivity contribution >= 4 is 10.8 Å². The average Bonchev–Trinajstić information content (AvgIpc) is 3.59. The molecule has 2 atom stereocenters. The Morgan fingerprint density at radius 2 is 1.64 bits per heavy atom. The summed E-state index contributed by atoms with van der Waals surface area (Å²) < 4.78 is 39.0. The van der Waals surface area contributed by atoms with Gasteiger partial charge in [-0.3, -0.25) is 4.21 Å². The third-order valence-electron chi connectivity index (χ3n) is 7.63. The highest BCUT2D eigenvalue weighted by Crippen LogP contribution is 2.44. The third-order valence-corrected chi connectivity index (χ3v) is 9.30. The summed E-state index contributed by atoms with van der Waals surface area (Å²) in [6, 6.07) is 15.9. The van der Waals surface area contributed by atoms with Crippen LogP contribution in [0.2, 0.25) is 0 Å². The number of hydrogen-bond donors (Lipinski definition) is 0. The van der Waals surface area contributed by atoms with Crippen LogP contribution in [-0.2, 0) is 17.2 Å². The van der Waals surface area contributed by atoms with Crippen LogP contribution in [0.15, 0.2) is 48.5 Å². The lowest BCUT2D eigenvalue weighted by molar-refractivity contribution is 0.203. The number of benzene rings is 3. The van der Waals surface area contributed by atoms with E-state index in [1.807, 2.05) is 44.2 Å². The maximum Gasteiger partial charge on any atom is 0.130 e. The molecule has 3 aromatic carbocycles. The summed E-state index contributed by atoms with van der Waals surface area (Å²) in [6.07, 6.45) is 5.50. The number of halogens is 1. The van der Waals surface area contributed by atoms with Crippen molar-refractivity contribution in [3.05, 3.63) is 82.2 Å². The third kappa shape index (κ3) is 4.95. The molecule has 0 N–H and O–H groups in total. The number of hydrogen-bond acceptors (Lipinski definition) is 3. The Labute approximate surface area is 216 Å². The largest absolute Gasteiger partial charge is 0.492 e. The van der Waals surface area contributed by atoms with Crippen LogP contribution in [0.4, 0.5) is 4.39 Å². The second-order valence-corrected chi connectivity index (χ2v) is 12.9. The summed E-state index contributed by atoms with van der Waals surface area (Å²) in [4.78, 5) is 0. The first kappa shape index (κ1) is 25.0. The maximum atomic E-state index is 15.1. The van der Waals surface area contributed by atoms with Crippen LogP contribution in [0.3, 0.4) is 0 Å². The fraction of sp³-hybridized carbons (Fsp3) is 0.419. The van der Waals surface area contributed by atoms with Crippen LogP contribution in [0.1, 0.15) is 72.9 Å². The predicted octanol–water partition coefficient (Wildman–Crippen LogP) is 7.59. The Kier molecular flexibility index (Phi) is 6.71. The molecule has 1 saturated carbocycles. The molecule has 0 spiro atoms. The van der Waals surface area contributed by atoms with Crippen molar-refractivity contribution in [1.82, 2.24) is 0 Å². The number of fused-ring (bicyclic) bond motifs is 1. The molecule has 0 saturated heterocycles. The van der Waals surface area contributed by atoms with E-state index in [4.69, 9.17) is 9.47 Å². The Morgan fingerprint density at radius 3 is 2.25 bits per heavy atom. The lowest BCUT2D eigenvalue weighted by Crippen LogP contribution is -2.33. The van der Waals surface area contributed by atoms with Gasteiger partial charge < -0.3 is 9.47 Å². The van der Waals surface area contributed by atoms with E-state index in [9.17, 15) is 4.21 Å². The first-order valence-electron chi connectivity index (χ1n) is 12.8. The highest BCUT2D eigenvalue weighted by atomic mass is 32.2. The molecule has 2 aliphatic rings. The van der Waals surface area contributed by atoms with Crippen LogP contribution < -0.4 is 9.47 Å². The summed E-state index contributed by atoms with van der Waals surface area (Å²) in [5, 5.41) is 0. The minimum atomic E-state index is -0.988. The summed E-state index contributed by atoms with van der Waals surface area (Å²) in [5.74, 6) is 2.07. The van der Waals surface area contributed by atoms with Crippen LogP contribution in [-0.4, -0.2) is 21.8 Å².